The molecule has 0 bridgehead atoms. The van der Waals surface area contributed by atoms with Crippen molar-refractivity contribution in [1.29, 1.82) is 0 Å². The van der Waals surface area contributed by atoms with Gasteiger partial charge in [0.2, 0.25) is 0 Å². The van der Waals surface area contributed by atoms with Gasteiger partial charge < -0.3 is 15.7 Å². The van der Waals surface area contributed by atoms with Crippen molar-refractivity contribution in [3.63, 3.8) is 0 Å². The van der Waals surface area contributed by atoms with Crippen LogP contribution in [0.1, 0.15) is 62.5 Å². The fourth-order valence-corrected chi connectivity index (χ4v) is 3.70. The first kappa shape index (κ1) is 17.8. The van der Waals surface area contributed by atoms with Crippen LogP contribution in [0.15, 0.2) is 0 Å². The summed E-state index contributed by atoms with van der Waals surface area (Å²) >= 11 is 0. The van der Waals surface area contributed by atoms with Gasteiger partial charge in [-0.15, -0.1) is 0 Å². The Bertz CT molecular complexity index is 569. The molecule has 1 aliphatic carbocycles. The molecule has 130 valence electrons. The van der Waals surface area contributed by atoms with Crippen LogP contribution in [0, 0.1) is 19.3 Å². The summed E-state index contributed by atoms with van der Waals surface area (Å²) in [4.78, 5) is 12.4. The zero-order chi connectivity index (χ0) is 17.2. The maximum Gasteiger partial charge on any atom is 0.315 e. The second kappa shape index (κ2) is 6.91. The molecule has 0 saturated heterocycles. The number of aliphatic hydroxyl groups excluding tert-OH is 1. The van der Waals surface area contributed by atoms with E-state index in [1.54, 1.807) is 0 Å². The van der Waals surface area contributed by atoms with Crippen LogP contribution in [0.2, 0.25) is 0 Å². The predicted molar refractivity (Wildman–Crippen MR) is 90.2 cm³/mol. The molecule has 1 aromatic heterocycles. The summed E-state index contributed by atoms with van der Waals surface area (Å²) in [5.74, 6) is 0. The number of nitrogens with zero attached hydrogens (tertiary/aromatic N) is 2. The summed E-state index contributed by atoms with van der Waals surface area (Å²) in [6.45, 7) is 8.21. The number of hydrogen-bond donors (Lipinski definition) is 3. The molecule has 6 heteroatoms. The third-order valence-electron chi connectivity index (χ3n) is 5.38. The van der Waals surface area contributed by atoms with Crippen molar-refractivity contribution in [2.75, 3.05) is 6.61 Å². The van der Waals surface area contributed by atoms with Crippen LogP contribution in [0.25, 0.3) is 0 Å². The molecule has 1 heterocycles. The number of carbonyl (C=O) groups is 1. The molecule has 1 fully saturated rings. The molecule has 0 aromatic carbocycles. The monoisotopic (exact) mass is 322 g/mol. The molecule has 1 aromatic rings. The van der Waals surface area contributed by atoms with Gasteiger partial charge in [0.15, 0.2) is 0 Å². The lowest BCUT2D eigenvalue weighted by molar-refractivity contribution is 0.120. The lowest BCUT2D eigenvalue weighted by Gasteiger charge is -2.30. The smallest absolute Gasteiger partial charge is 0.315 e. The number of aliphatic hydroxyl groups is 1. The van der Waals surface area contributed by atoms with Crippen LogP contribution in [-0.2, 0) is 7.05 Å². The van der Waals surface area contributed by atoms with Crippen LogP contribution in [-0.4, -0.2) is 33.6 Å². The SMILES string of the molecule is CCC(NC(=O)NC1CCCC1(C)CO)c1c(C)nn(C)c1C. The van der Waals surface area contributed by atoms with Crippen molar-refractivity contribution in [3.8, 4) is 0 Å². The Morgan fingerprint density at radius 2 is 2.22 bits per heavy atom. The fraction of sp³-hybridized carbons (Fsp3) is 0.765. The Hall–Kier alpha value is -1.56. The van der Waals surface area contributed by atoms with Crippen molar-refractivity contribution >= 4 is 6.03 Å². The van der Waals surface area contributed by atoms with Gasteiger partial charge in [0.05, 0.1) is 18.3 Å². The first-order valence-corrected chi connectivity index (χ1v) is 8.50. The fourth-order valence-electron chi connectivity index (χ4n) is 3.70. The first-order valence-electron chi connectivity index (χ1n) is 8.50. The highest BCUT2D eigenvalue weighted by Gasteiger charge is 2.39. The summed E-state index contributed by atoms with van der Waals surface area (Å²) in [6.07, 6.45) is 3.72. The molecular formula is C17H30N4O2. The second-order valence-corrected chi connectivity index (χ2v) is 7.04. The van der Waals surface area contributed by atoms with E-state index in [2.05, 4.69) is 22.7 Å². The van der Waals surface area contributed by atoms with Crippen molar-refractivity contribution in [1.82, 2.24) is 20.4 Å². The maximum atomic E-state index is 12.4. The molecule has 2 rings (SSSR count). The quantitative estimate of drug-likeness (QED) is 0.778. The number of aromatic nitrogens is 2. The van der Waals surface area contributed by atoms with Gasteiger partial charge in [-0.2, -0.15) is 5.10 Å². The van der Waals surface area contributed by atoms with Crippen LogP contribution < -0.4 is 10.6 Å². The van der Waals surface area contributed by atoms with E-state index in [-0.39, 0.29) is 30.1 Å². The van der Waals surface area contributed by atoms with E-state index in [1.807, 2.05) is 32.5 Å². The Morgan fingerprint density at radius 1 is 1.52 bits per heavy atom. The standard InChI is InChI=1S/C17H30N4O2/c1-6-13(15-11(2)20-21(5)12(15)3)18-16(23)19-14-8-7-9-17(14,4)10-22/h13-14,22H,6-10H2,1-5H3,(H2,18,19,23). The highest BCUT2D eigenvalue weighted by atomic mass is 16.3. The largest absolute Gasteiger partial charge is 0.396 e. The number of rotatable bonds is 5. The van der Waals surface area contributed by atoms with Crippen LogP contribution in [0.5, 0.6) is 0 Å². The van der Waals surface area contributed by atoms with E-state index in [9.17, 15) is 9.90 Å². The Labute approximate surface area is 138 Å². The van der Waals surface area contributed by atoms with Gasteiger partial charge in [0, 0.05) is 29.8 Å². The van der Waals surface area contributed by atoms with E-state index in [1.165, 1.54) is 0 Å². The Kier molecular flexibility index (Phi) is 5.34. The zero-order valence-electron chi connectivity index (χ0n) is 14.9. The van der Waals surface area contributed by atoms with Crippen LogP contribution in [0.3, 0.4) is 0 Å². The third-order valence-corrected chi connectivity index (χ3v) is 5.38. The summed E-state index contributed by atoms with van der Waals surface area (Å²) in [5.41, 5.74) is 2.93. The van der Waals surface area contributed by atoms with E-state index in [0.717, 1.165) is 42.6 Å². The molecule has 3 atom stereocenters. The normalized spacial score (nSPS) is 25.4. The number of amides is 2. The molecular weight excluding hydrogens is 292 g/mol. The van der Waals surface area contributed by atoms with Gasteiger partial charge in [0.25, 0.3) is 0 Å². The molecule has 3 unspecified atom stereocenters. The minimum Gasteiger partial charge on any atom is -0.396 e. The molecule has 1 aliphatic rings. The van der Waals surface area contributed by atoms with Gasteiger partial charge in [-0.3, -0.25) is 4.68 Å². The average molecular weight is 322 g/mol. The van der Waals surface area contributed by atoms with E-state index >= 15 is 0 Å². The molecule has 23 heavy (non-hydrogen) atoms. The number of hydrogen-bond acceptors (Lipinski definition) is 3. The molecule has 2 amide bonds. The van der Waals surface area contributed by atoms with Crippen molar-refractivity contribution in [3.05, 3.63) is 17.0 Å². The molecule has 0 spiro atoms. The lowest BCUT2D eigenvalue weighted by Crippen LogP contribution is -2.49. The summed E-state index contributed by atoms with van der Waals surface area (Å²) in [6, 6.07) is -0.183. The van der Waals surface area contributed by atoms with Gasteiger partial charge >= 0.3 is 6.03 Å². The summed E-state index contributed by atoms with van der Waals surface area (Å²) in [7, 11) is 1.92. The minimum absolute atomic E-state index is 0.0288. The van der Waals surface area contributed by atoms with Gasteiger partial charge in [0.1, 0.15) is 0 Å². The first-order chi connectivity index (χ1) is 10.8. The van der Waals surface area contributed by atoms with Gasteiger partial charge in [-0.1, -0.05) is 20.3 Å². The topological polar surface area (TPSA) is 79.2 Å². The van der Waals surface area contributed by atoms with Crippen LogP contribution >= 0.6 is 0 Å². The predicted octanol–water partition coefficient (Wildman–Crippen LogP) is 2.34. The lowest BCUT2D eigenvalue weighted by atomic mass is 9.86. The Balaban J connectivity index is 2.06. The maximum absolute atomic E-state index is 12.4. The van der Waals surface area contributed by atoms with Crippen LogP contribution in [0.4, 0.5) is 4.79 Å². The Morgan fingerprint density at radius 3 is 2.74 bits per heavy atom. The number of urea groups is 1. The third kappa shape index (κ3) is 3.52. The number of aryl methyl sites for hydroxylation is 2. The van der Waals surface area contributed by atoms with E-state index < -0.39 is 0 Å². The van der Waals surface area contributed by atoms with E-state index in [4.69, 9.17) is 0 Å². The van der Waals surface area contributed by atoms with Gasteiger partial charge in [-0.25, -0.2) is 4.79 Å². The molecule has 3 N–H and O–H groups in total. The molecule has 1 saturated carbocycles. The van der Waals surface area contributed by atoms with Gasteiger partial charge in [-0.05, 0) is 33.1 Å². The van der Waals surface area contributed by atoms with Crippen molar-refractivity contribution < 1.29 is 9.90 Å². The minimum atomic E-state index is -0.209. The second-order valence-electron chi connectivity index (χ2n) is 7.04. The highest BCUT2D eigenvalue weighted by molar-refractivity contribution is 5.75. The molecule has 6 nitrogen and oxygen atoms in total. The average Bonchev–Trinajstić information content (AvgIpc) is 2.98. The highest BCUT2D eigenvalue weighted by Crippen LogP contribution is 2.37. The summed E-state index contributed by atoms with van der Waals surface area (Å²) in [5, 5.41) is 20.2. The summed E-state index contributed by atoms with van der Waals surface area (Å²) < 4.78 is 1.85. The molecule has 0 aliphatic heterocycles. The number of nitrogens with one attached hydrogen (secondary N) is 2. The van der Waals surface area contributed by atoms with E-state index in [0.29, 0.717) is 0 Å². The van der Waals surface area contributed by atoms with Crippen molar-refractivity contribution in [2.24, 2.45) is 12.5 Å². The zero-order valence-corrected chi connectivity index (χ0v) is 14.9. The molecule has 0 radical (unpaired) electrons. The number of carbonyl (C=O) groups excluding carboxylic acids is 1. The van der Waals surface area contributed by atoms with Crippen molar-refractivity contribution in [2.45, 2.75) is 65.5 Å².